The number of likely N-dealkylation sites (tertiary alicyclic amines) is 1. The lowest BCUT2D eigenvalue weighted by molar-refractivity contribution is -0.140. The fourth-order valence-electron chi connectivity index (χ4n) is 4.26. The number of amides is 1. The molecule has 0 spiro atoms. The predicted molar refractivity (Wildman–Crippen MR) is 86.6 cm³/mol. The number of carbonyl (C=O) groups is 1. The van der Waals surface area contributed by atoms with Crippen LogP contribution in [-0.4, -0.2) is 67.2 Å². The molecule has 2 aliphatic heterocycles. The summed E-state index contributed by atoms with van der Waals surface area (Å²) in [4.78, 5) is 17.4. The molecular weight excluding hydrogens is 278 g/mol. The molecule has 5 heteroatoms. The molecule has 0 aromatic heterocycles. The molecule has 5 nitrogen and oxygen atoms in total. The van der Waals surface area contributed by atoms with Crippen LogP contribution in [-0.2, 0) is 9.53 Å². The van der Waals surface area contributed by atoms with Crippen LogP contribution in [0.25, 0.3) is 0 Å². The first-order valence-corrected chi connectivity index (χ1v) is 9.06. The zero-order chi connectivity index (χ0) is 15.4. The van der Waals surface area contributed by atoms with Gasteiger partial charge in [-0.3, -0.25) is 9.69 Å². The number of carbonyl (C=O) groups excluding carboxylic acids is 1. The standard InChI is InChI=1S/C17H31N3O2/c18-17(6-2-1-3-7-17)16(21)20-8-4-5-15(14-20)13-19-9-11-22-12-10-19/h15H,1-14,18H2. The van der Waals surface area contributed by atoms with Crippen molar-refractivity contribution in [2.45, 2.75) is 50.5 Å². The second kappa shape index (κ2) is 7.28. The quantitative estimate of drug-likeness (QED) is 0.851. The molecule has 0 aromatic carbocycles. The van der Waals surface area contributed by atoms with Crippen molar-refractivity contribution in [1.82, 2.24) is 9.80 Å². The van der Waals surface area contributed by atoms with Crippen molar-refractivity contribution >= 4 is 5.91 Å². The normalized spacial score (nSPS) is 30.2. The summed E-state index contributed by atoms with van der Waals surface area (Å²) in [6.45, 7) is 6.66. The summed E-state index contributed by atoms with van der Waals surface area (Å²) < 4.78 is 5.42. The van der Waals surface area contributed by atoms with Crippen LogP contribution >= 0.6 is 0 Å². The van der Waals surface area contributed by atoms with Gasteiger partial charge in [0.05, 0.1) is 18.8 Å². The zero-order valence-electron chi connectivity index (χ0n) is 13.8. The van der Waals surface area contributed by atoms with E-state index in [9.17, 15) is 4.79 Å². The van der Waals surface area contributed by atoms with E-state index >= 15 is 0 Å². The largest absolute Gasteiger partial charge is 0.379 e. The van der Waals surface area contributed by atoms with Gasteiger partial charge in [-0.25, -0.2) is 0 Å². The topological polar surface area (TPSA) is 58.8 Å². The minimum atomic E-state index is -0.570. The Labute approximate surface area is 134 Å². The van der Waals surface area contributed by atoms with E-state index in [1.807, 2.05) is 0 Å². The number of rotatable bonds is 3. The van der Waals surface area contributed by atoms with Crippen molar-refractivity contribution in [3.05, 3.63) is 0 Å². The lowest BCUT2D eigenvalue weighted by Crippen LogP contribution is -2.58. The van der Waals surface area contributed by atoms with E-state index < -0.39 is 5.54 Å². The van der Waals surface area contributed by atoms with Gasteiger partial charge in [0.2, 0.25) is 5.91 Å². The average molecular weight is 309 g/mol. The highest BCUT2D eigenvalue weighted by molar-refractivity contribution is 5.86. The molecule has 0 radical (unpaired) electrons. The SMILES string of the molecule is NC1(C(=O)N2CCCC(CN3CCOCC3)C2)CCCCC1. The number of hydrogen-bond donors (Lipinski definition) is 1. The van der Waals surface area contributed by atoms with Crippen LogP contribution in [0.15, 0.2) is 0 Å². The van der Waals surface area contributed by atoms with Crippen LogP contribution < -0.4 is 5.73 Å². The maximum atomic E-state index is 12.9. The Bertz CT molecular complexity index is 376. The van der Waals surface area contributed by atoms with Gasteiger partial charge in [0.15, 0.2) is 0 Å². The monoisotopic (exact) mass is 309 g/mol. The van der Waals surface area contributed by atoms with E-state index in [1.54, 1.807) is 0 Å². The van der Waals surface area contributed by atoms with Crippen LogP contribution in [0.5, 0.6) is 0 Å². The van der Waals surface area contributed by atoms with E-state index in [2.05, 4.69) is 9.80 Å². The van der Waals surface area contributed by atoms with Crippen molar-refractivity contribution in [2.75, 3.05) is 45.9 Å². The van der Waals surface area contributed by atoms with E-state index in [0.29, 0.717) is 5.92 Å². The van der Waals surface area contributed by atoms with Crippen LogP contribution in [0.3, 0.4) is 0 Å². The summed E-state index contributed by atoms with van der Waals surface area (Å²) in [6.07, 6.45) is 7.54. The van der Waals surface area contributed by atoms with Gasteiger partial charge in [-0.2, -0.15) is 0 Å². The number of ether oxygens (including phenoxy) is 1. The number of nitrogens with two attached hydrogens (primary N) is 1. The summed E-state index contributed by atoms with van der Waals surface area (Å²) in [7, 11) is 0. The molecule has 0 aromatic rings. The minimum Gasteiger partial charge on any atom is -0.379 e. The van der Waals surface area contributed by atoms with Gasteiger partial charge in [-0.1, -0.05) is 19.3 Å². The molecule has 3 rings (SSSR count). The van der Waals surface area contributed by atoms with Gasteiger partial charge in [0.25, 0.3) is 0 Å². The highest BCUT2D eigenvalue weighted by Crippen LogP contribution is 2.29. The Morgan fingerprint density at radius 3 is 2.55 bits per heavy atom. The number of morpholine rings is 1. The van der Waals surface area contributed by atoms with Gasteiger partial charge >= 0.3 is 0 Å². The van der Waals surface area contributed by atoms with Crippen molar-refractivity contribution in [2.24, 2.45) is 11.7 Å². The molecule has 1 aliphatic carbocycles. The molecule has 1 unspecified atom stereocenters. The summed E-state index contributed by atoms with van der Waals surface area (Å²) >= 11 is 0. The van der Waals surface area contributed by atoms with Gasteiger partial charge < -0.3 is 15.4 Å². The first kappa shape index (κ1) is 16.2. The van der Waals surface area contributed by atoms with E-state index in [0.717, 1.165) is 78.0 Å². The fourth-order valence-corrected chi connectivity index (χ4v) is 4.26. The molecule has 2 heterocycles. The molecule has 0 bridgehead atoms. The Morgan fingerprint density at radius 1 is 1.09 bits per heavy atom. The maximum absolute atomic E-state index is 12.9. The van der Waals surface area contributed by atoms with E-state index in [4.69, 9.17) is 10.5 Å². The van der Waals surface area contributed by atoms with Gasteiger partial charge in [-0.15, -0.1) is 0 Å². The third kappa shape index (κ3) is 3.81. The number of piperidine rings is 1. The molecule has 2 saturated heterocycles. The lowest BCUT2D eigenvalue weighted by atomic mass is 9.81. The third-order valence-corrected chi connectivity index (χ3v) is 5.60. The maximum Gasteiger partial charge on any atom is 0.242 e. The molecule has 2 N–H and O–H groups in total. The summed E-state index contributed by atoms with van der Waals surface area (Å²) in [5.74, 6) is 0.821. The van der Waals surface area contributed by atoms with Gasteiger partial charge in [0.1, 0.15) is 0 Å². The van der Waals surface area contributed by atoms with Crippen LogP contribution in [0.2, 0.25) is 0 Å². The second-order valence-electron chi connectivity index (χ2n) is 7.39. The van der Waals surface area contributed by atoms with Crippen molar-refractivity contribution < 1.29 is 9.53 Å². The second-order valence-corrected chi connectivity index (χ2v) is 7.39. The van der Waals surface area contributed by atoms with Crippen LogP contribution in [0.1, 0.15) is 44.9 Å². The summed E-state index contributed by atoms with van der Waals surface area (Å²) in [6, 6.07) is 0. The Kier molecular flexibility index (Phi) is 5.37. The van der Waals surface area contributed by atoms with Crippen molar-refractivity contribution in [3.63, 3.8) is 0 Å². The molecule has 22 heavy (non-hydrogen) atoms. The highest BCUT2D eigenvalue weighted by Gasteiger charge is 2.39. The number of nitrogens with zero attached hydrogens (tertiary/aromatic N) is 2. The molecule has 3 aliphatic rings. The van der Waals surface area contributed by atoms with E-state index in [1.165, 1.54) is 12.8 Å². The smallest absolute Gasteiger partial charge is 0.242 e. The Balaban J connectivity index is 1.54. The Hall–Kier alpha value is -0.650. The zero-order valence-corrected chi connectivity index (χ0v) is 13.8. The van der Waals surface area contributed by atoms with Crippen molar-refractivity contribution in [3.8, 4) is 0 Å². The summed E-state index contributed by atoms with van der Waals surface area (Å²) in [5, 5.41) is 0. The molecular formula is C17H31N3O2. The van der Waals surface area contributed by atoms with E-state index in [-0.39, 0.29) is 5.91 Å². The Morgan fingerprint density at radius 2 is 1.82 bits per heavy atom. The molecule has 1 atom stereocenters. The molecule has 1 amide bonds. The van der Waals surface area contributed by atoms with Gasteiger partial charge in [0, 0.05) is 32.7 Å². The fraction of sp³-hybridized carbons (Fsp3) is 0.941. The lowest BCUT2D eigenvalue weighted by Gasteiger charge is -2.41. The predicted octanol–water partition coefficient (Wildman–Crippen LogP) is 1.22. The first-order chi connectivity index (χ1) is 10.7. The summed E-state index contributed by atoms with van der Waals surface area (Å²) in [5.41, 5.74) is 5.87. The minimum absolute atomic E-state index is 0.221. The first-order valence-electron chi connectivity index (χ1n) is 9.06. The van der Waals surface area contributed by atoms with Crippen LogP contribution in [0, 0.1) is 5.92 Å². The molecule has 3 fully saturated rings. The third-order valence-electron chi connectivity index (χ3n) is 5.60. The van der Waals surface area contributed by atoms with Crippen LogP contribution in [0.4, 0.5) is 0 Å². The van der Waals surface area contributed by atoms with Crippen molar-refractivity contribution in [1.29, 1.82) is 0 Å². The number of hydrogen-bond acceptors (Lipinski definition) is 4. The molecule has 1 saturated carbocycles. The molecule has 126 valence electrons. The highest BCUT2D eigenvalue weighted by atomic mass is 16.5. The van der Waals surface area contributed by atoms with Gasteiger partial charge in [-0.05, 0) is 31.6 Å². The average Bonchev–Trinajstić information content (AvgIpc) is 2.56.